The van der Waals surface area contributed by atoms with Gasteiger partial charge in [0.15, 0.2) is 0 Å². The van der Waals surface area contributed by atoms with Gasteiger partial charge in [0.2, 0.25) is 10.0 Å². The predicted octanol–water partition coefficient (Wildman–Crippen LogP) is 2.04. The number of nitrogens with zero attached hydrogens (tertiary/aromatic N) is 1. The van der Waals surface area contributed by atoms with E-state index in [1.54, 1.807) is 24.4 Å². The summed E-state index contributed by atoms with van der Waals surface area (Å²) in [5.74, 6) is 0. The highest BCUT2D eigenvalue weighted by Gasteiger charge is 2.14. The molecular formula is C14H19N3O2S2. The number of thiazole rings is 1. The van der Waals surface area contributed by atoms with E-state index in [1.165, 1.54) is 11.3 Å². The van der Waals surface area contributed by atoms with Gasteiger partial charge in [-0.25, -0.2) is 18.1 Å². The lowest BCUT2D eigenvalue weighted by Gasteiger charge is -2.08. The van der Waals surface area contributed by atoms with Gasteiger partial charge in [-0.1, -0.05) is 19.1 Å². The largest absolute Gasteiger partial charge is 0.313 e. The molecule has 0 saturated carbocycles. The van der Waals surface area contributed by atoms with Crippen molar-refractivity contribution < 1.29 is 8.42 Å². The molecule has 5 nitrogen and oxygen atoms in total. The Morgan fingerprint density at radius 2 is 2.10 bits per heavy atom. The molecular weight excluding hydrogens is 306 g/mol. The molecule has 114 valence electrons. The summed E-state index contributed by atoms with van der Waals surface area (Å²) in [6.45, 7) is 5.68. The van der Waals surface area contributed by atoms with Gasteiger partial charge in [0, 0.05) is 17.6 Å². The van der Waals surface area contributed by atoms with Crippen LogP contribution < -0.4 is 10.0 Å². The maximum atomic E-state index is 12.3. The molecule has 0 aliphatic heterocycles. The van der Waals surface area contributed by atoms with Crippen molar-refractivity contribution in [3.8, 4) is 0 Å². The number of hydrogen-bond donors (Lipinski definition) is 2. The summed E-state index contributed by atoms with van der Waals surface area (Å²) in [4.78, 5) is 5.50. The summed E-state index contributed by atoms with van der Waals surface area (Å²) in [6.07, 6.45) is 1.74. The zero-order valence-electron chi connectivity index (χ0n) is 12.1. The van der Waals surface area contributed by atoms with Gasteiger partial charge in [-0.05, 0) is 31.2 Å². The lowest BCUT2D eigenvalue weighted by Crippen LogP contribution is -2.23. The Labute approximate surface area is 129 Å². The number of aromatic nitrogens is 1. The Balaban J connectivity index is 2.08. The van der Waals surface area contributed by atoms with Crippen molar-refractivity contribution in [3.05, 3.63) is 45.9 Å². The number of rotatable bonds is 7. The third kappa shape index (κ3) is 4.60. The van der Waals surface area contributed by atoms with E-state index in [1.807, 2.05) is 19.9 Å². The van der Waals surface area contributed by atoms with Crippen molar-refractivity contribution in [3.63, 3.8) is 0 Å². The standard InChI is InChI=1S/C14H19N3O2S2/c1-3-15-9-12-5-4-6-13(7-12)21(18,19)17-10-14-16-8-11(2)20-14/h4-8,15,17H,3,9-10H2,1-2H3. The van der Waals surface area contributed by atoms with Crippen molar-refractivity contribution in [2.75, 3.05) is 6.54 Å². The first-order valence-electron chi connectivity index (χ1n) is 6.72. The van der Waals surface area contributed by atoms with Crippen LogP contribution in [0, 0.1) is 6.92 Å². The Bertz CT molecular complexity index is 696. The minimum atomic E-state index is -3.51. The summed E-state index contributed by atoms with van der Waals surface area (Å²) >= 11 is 1.49. The molecule has 21 heavy (non-hydrogen) atoms. The van der Waals surface area contributed by atoms with Crippen LogP contribution in [0.3, 0.4) is 0 Å². The highest BCUT2D eigenvalue weighted by molar-refractivity contribution is 7.89. The Morgan fingerprint density at radius 1 is 1.29 bits per heavy atom. The smallest absolute Gasteiger partial charge is 0.240 e. The highest BCUT2D eigenvalue weighted by Crippen LogP contribution is 2.14. The number of aryl methyl sites for hydroxylation is 1. The fourth-order valence-corrected chi connectivity index (χ4v) is 3.69. The molecule has 0 atom stereocenters. The van der Waals surface area contributed by atoms with Gasteiger partial charge in [0.1, 0.15) is 5.01 Å². The summed E-state index contributed by atoms with van der Waals surface area (Å²) < 4.78 is 27.2. The van der Waals surface area contributed by atoms with E-state index in [0.29, 0.717) is 6.54 Å². The number of benzene rings is 1. The van der Waals surface area contributed by atoms with Crippen LogP contribution in [0.4, 0.5) is 0 Å². The molecule has 2 rings (SSSR count). The minimum Gasteiger partial charge on any atom is -0.313 e. The van der Waals surface area contributed by atoms with Crippen molar-refractivity contribution in [1.29, 1.82) is 0 Å². The Morgan fingerprint density at radius 3 is 2.76 bits per heavy atom. The predicted molar refractivity (Wildman–Crippen MR) is 84.7 cm³/mol. The number of hydrogen-bond acceptors (Lipinski definition) is 5. The molecule has 0 aliphatic carbocycles. The average Bonchev–Trinajstić information content (AvgIpc) is 2.89. The second kappa shape index (κ2) is 7.13. The third-order valence-corrected chi connectivity index (χ3v) is 5.18. The monoisotopic (exact) mass is 325 g/mol. The molecule has 0 fully saturated rings. The average molecular weight is 325 g/mol. The second-order valence-electron chi connectivity index (χ2n) is 4.62. The number of sulfonamides is 1. The van der Waals surface area contributed by atoms with Gasteiger partial charge < -0.3 is 5.32 Å². The molecule has 1 aromatic heterocycles. The third-order valence-electron chi connectivity index (χ3n) is 2.87. The van der Waals surface area contributed by atoms with Crippen molar-refractivity contribution in [2.45, 2.75) is 31.8 Å². The Kier molecular flexibility index (Phi) is 5.46. The van der Waals surface area contributed by atoms with E-state index in [2.05, 4.69) is 15.0 Å². The van der Waals surface area contributed by atoms with Gasteiger partial charge in [-0.2, -0.15) is 0 Å². The van der Waals surface area contributed by atoms with Crippen LogP contribution in [-0.4, -0.2) is 19.9 Å². The van der Waals surface area contributed by atoms with Crippen molar-refractivity contribution in [2.24, 2.45) is 0 Å². The van der Waals surface area contributed by atoms with Crippen LogP contribution in [0.25, 0.3) is 0 Å². The molecule has 0 radical (unpaired) electrons. The van der Waals surface area contributed by atoms with Crippen LogP contribution in [0.5, 0.6) is 0 Å². The van der Waals surface area contributed by atoms with Crippen LogP contribution >= 0.6 is 11.3 Å². The highest BCUT2D eigenvalue weighted by atomic mass is 32.2. The molecule has 0 bridgehead atoms. The normalized spacial score (nSPS) is 11.7. The molecule has 7 heteroatoms. The maximum Gasteiger partial charge on any atom is 0.240 e. The van der Waals surface area contributed by atoms with Gasteiger partial charge in [0.05, 0.1) is 11.4 Å². The lowest BCUT2D eigenvalue weighted by atomic mass is 10.2. The maximum absolute atomic E-state index is 12.3. The van der Waals surface area contributed by atoms with E-state index in [4.69, 9.17) is 0 Å². The summed E-state index contributed by atoms with van der Waals surface area (Å²) in [5, 5.41) is 3.94. The van der Waals surface area contributed by atoms with E-state index < -0.39 is 10.0 Å². The molecule has 0 amide bonds. The van der Waals surface area contributed by atoms with Gasteiger partial charge in [0.25, 0.3) is 0 Å². The zero-order valence-corrected chi connectivity index (χ0v) is 13.7. The summed E-state index contributed by atoms with van der Waals surface area (Å²) in [5.41, 5.74) is 0.949. The SMILES string of the molecule is CCNCc1cccc(S(=O)(=O)NCc2ncc(C)s2)c1. The Hall–Kier alpha value is -1.28. The molecule has 0 unspecified atom stereocenters. The topological polar surface area (TPSA) is 71.1 Å². The van der Waals surface area contributed by atoms with E-state index in [0.717, 1.165) is 22.0 Å². The molecule has 0 spiro atoms. The molecule has 2 aromatic rings. The van der Waals surface area contributed by atoms with Crippen LogP contribution in [-0.2, 0) is 23.1 Å². The van der Waals surface area contributed by atoms with Crippen molar-refractivity contribution >= 4 is 21.4 Å². The van der Waals surface area contributed by atoms with Crippen LogP contribution in [0.1, 0.15) is 22.4 Å². The van der Waals surface area contributed by atoms with Gasteiger partial charge >= 0.3 is 0 Å². The first-order valence-corrected chi connectivity index (χ1v) is 9.02. The quantitative estimate of drug-likeness (QED) is 0.817. The van der Waals surface area contributed by atoms with E-state index in [9.17, 15) is 8.42 Å². The minimum absolute atomic E-state index is 0.221. The zero-order chi connectivity index (χ0) is 15.3. The fourth-order valence-electron chi connectivity index (χ4n) is 1.82. The number of nitrogens with one attached hydrogen (secondary N) is 2. The molecule has 1 heterocycles. The van der Waals surface area contributed by atoms with E-state index >= 15 is 0 Å². The lowest BCUT2D eigenvalue weighted by molar-refractivity contribution is 0.581. The summed E-state index contributed by atoms with van der Waals surface area (Å²) in [6, 6.07) is 6.96. The molecule has 0 aliphatic rings. The first kappa shape index (κ1) is 16.1. The fraction of sp³-hybridized carbons (Fsp3) is 0.357. The van der Waals surface area contributed by atoms with Crippen molar-refractivity contribution in [1.82, 2.24) is 15.0 Å². The second-order valence-corrected chi connectivity index (χ2v) is 7.70. The van der Waals surface area contributed by atoms with E-state index in [-0.39, 0.29) is 11.4 Å². The molecule has 1 aromatic carbocycles. The van der Waals surface area contributed by atoms with Crippen LogP contribution in [0.2, 0.25) is 0 Å². The van der Waals surface area contributed by atoms with Crippen LogP contribution in [0.15, 0.2) is 35.4 Å². The summed E-state index contributed by atoms with van der Waals surface area (Å²) in [7, 11) is -3.51. The molecule has 0 saturated heterocycles. The van der Waals surface area contributed by atoms with Gasteiger partial charge in [-0.3, -0.25) is 0 Å². The molecule has 2 N–H and O–H groups in total. The van der Waals surface area contributed by atoms with Gasteiger partial charge in [-0.15, -0.1) is 11.3 Å². The first-order chi connectivity index (χ1) is 10.0.